The number of likely N-dealkylation sites (tertiary alicyclic amines) is 1. The molecule has 1 aromatic rings. The Labute approximate surface area is 143 Å². The average Bonchev–Trinajstić information content (AvgIpc) is 2.61. The number of hydrogen-bond acceptors (Lipinski definition) is 4. The number of aliphatic hydroxyl groups is 1. The van der Waals surface area contributed by atoms with Gasteiger partial charge in [0.2, 0.25) is 5.91 Å². The lowest BCUT2D eigenvalue weighted by molar-refractivity contribution is -0.125. The van der Waals surface area contributed by atoms with Gasteiger partial charge in [0, 0.05) is 13.2 Å². The number of nitrogens with one attached hydrogen (secondary N) is 2. The maximum Gasteiger partial charge on any atom is 0.321 e. The minimum atomic E-state index is -0.467. The Morgan fingerprint density at radius 3 is 2.54 bits per heavy atom. The third kappa shape index (κ3) is 5.62. The van der Waals surface area contributed by atoms with Crippen molar-refractivity contribution in [1.82, 2.24) is 15.5 Å². The van der Waals surface area contributed by atoms with E-state index in [0.717, 1.165) is 37.9 Å². The fourth-order valence-electron chi connectivity index (χ4n) is 3.02. The molecule has 132 valence electrons. The lowest BCUT2D eigenvalue weighted by Crippen LogP contribution is -2.51. The zero-order chi connectivity index (χ0) is 17.4. The molecule has 1 aliphatic rings. The summed E-state index contributed by atoms with van der Waals surface area (Å²) in [5.74, 6) is 0.261. The number of carbonyl (C=O) groups is 2. The van der Waals surface area contributed by atoms with Crippen LogP contribution in [0.15, 0.2) is 30.3 Å². The molecular formula is C18H27N3O3. The van der Waals surface area contributed by atoms with Gasteiger partial charge in [0.1, 0.15) is 0 Å². The summed E-state index contributed by atoms with van der Waals surface area (Å²) < 4.78 is 0. The number of carbonyl (C=O) groups excluding carboxylic acids is 2. The molecule has 1 saturated heterocycles. The Morgan fingerprint density at radius 2 is 1.92 bits per heavy atom. The molecule has 3 amide bonds. The van der Waals surface area contributed by atoms with Gasteiger partial charge in [-0.1, -0.05) is 30.3 Å². The Bertz CT molecular complexity index is 528. The monoisotopic (exact) mass is 333 g/mol. The van der Waals surface area contributed by atoms with Gasteiger partial charge in [-0.15, -0.1) is 0 Å². The molecule has 0 aliphatic carbocycles. The fourth-order valence-corrected chi connectivity index (χ4v) is 3.02. The molecule has 0 bridgehead atoms. The van der Waals surface area contributed by atoms with Crippen molar-refractivity contribution >= 4 is 11.9 Å². The molecular weight excluding hydrogens is 306 g/mol. The van der Waals surface area contributed by atoms with Crippen molar-refractivity contribution in [1.29, 1.82) is 0 Å². The van der Waals surface area contributed by atoms with Gasteiger partial charge in [0.15, 0.2) is 0 Å². The predicted molar refractivity (Wildman–Crippen MR) is 92.3 cm³/mol. The summed E-state index contributed by atoms with van der Waals surface area (Å²) in [6.45, 7) is 4.09. The number of imide groups is 1. The van der Waals surface area contributed by atoms with Crippen LogP contribution in [0.25, 0.3) is 0 Å². The van der Waals surface area contributed by atoms with E-state index in [0.29, 0.717) is 12.5 Å². The Balaban J connectivity index is 1.72. The molecule has 1 aliphatic heterocycles. The third-order valence-corrected chi connectivity index (χ3v) is 4.65. The number of amides is 3. The molecule has 1 atom stereocenters. The van der Waals surface area contributed by atoms with Gasteiger partial charge in [-0.25, -0.2) is 4.79 Å². The van der Waals surface area contributed by atoms with Crippen LogP contribution < -0.4 is 10.6 Å². The fraction of sp³-hybridized carbons (Fsp3) is 0.556. The average molecular weight is 333 g/mol. The molecule has 2 rings (SSSR count). The molecule has 0 spiro atoms. The van der Waals surface area contributed by atoms with E-state index in [2.05, 4.69) is 15.5 Å². The van der Waals surface area contributed by atoms with Gasteiger partial charge in [-0.05, 0) is 50.8 Å². The molecule has 1 fully saturated rings. The summed E-state index contributed by atoms with van der Waals surface area (Å²) in [4.78, 5) is 26.2. The molecule has 0 radical (unpaired) electrons. The summed E-state index contributed by atoms with van der Waals surface area (Å²) in [7, 11) is 0. The molecule has 1 heterocycles. The van der Waals surface area contributed by atoms with Crippen LogP contribution in [0.5, 0.6) is 0 Å². The second-order valence-corrected chi connectivity index (χ2v) is 6.33. The van der Waals surface area contributed by atoms with Crippen molar-refractivity contribution in [2.75, 3.05) is 19.7 Å². The van der Waals surface area contributed by atoms with Crippen molar-refractivity contribution in [3.63, 3.8) is 0 Å². The first-order valence-corrected chi connectivity index (χ1v) is 8.57. The topological polar surface area (TPSA) is 81.7 Å². The molecule has 1 aromatic carbocycles. The summed E-state index contributed by atoms with van der Waals surface area (Å²) in [5, 5.41) is 14.1. The van der Waals surface area contributed by atoms with E-state index in [1.807, 2.05) is 37.3 Å². The van der Waals surface area contributed by atoms with Crippen LogP contribution in [0.4, 0.5) is 4.79 Å². The van der Waals surface area contributed by atoms with Crippen molar-refractivity contribution in [3.8, 4) is 0 Å². The molecule has 6 heteroatoms. The second-order valence-electron chi connectivity index (χ2n) is 6.33. The van der Waals surface area contributed by atoms with Crippen molar-refractivity contribution in [2.45, 2.75) is 38.8 Å². The molecule has 24 heavy (non-hydrogen) atoms. The second kappa shape index (κ2) is 9.39. The van der Waals surface area contributed by atoms with Crippen molar-refractivity contribution < 1.29 is 14.7 Å². The molecule has 0 saturated carbocycles. The quantitative estimate of drug-likeness (QED) is 0.737. The molecule has 3 N–H and O–H groups in total. The normalized spacial score (nSPS) is 17.2. The van der Waals surface area contributed by atoms with Crippen LogP contribution in [0.2, 0.25) is 0 Å². The zero-order valence-electron chi connectivity index (χ0n) is 14.2. The predicted octanol–water partition coefficient (Wildman–Crippen LogP) is 1.50. The maximum atomic E-state index is 12.2. The van der Waals surface area contributed by atoms with Gasteiger partial charge < -0.3 is 10.4 Å². The number of aliphatic hydroxyl groups excluding tert-OH is 1. The largest absolute Gasteiger partial charge is 0.396 e. The van der Waals surface area contributed by atoms with Crippen molar-refractivity contribution in [2.24, 2.45) is 5.92 Å². The highest BCUT2D eigenvalue weighted by Gasteiger charge is 2.27. The first kappa shape index (κ1) is 18.4. The first-order valence-electron chi connectivity index (χ1n) is 8.57. The SMILES string of the molecule is CC(C(=O)NC(=O)NCc1ccccc1)N1CCC(CCO)CC1. The van der Waals surface area contributed by atoms with Gasteiger partial charge in [-0.2, -0.15) is 0 Å². The maximum absolute atomic E-state index is 12.2. The summed E-state index contributed by atoms with van der Waals surface area (Å²) in [6.07, 6.45) is 2.80. The van der Waals surface area contributed by atoms with Crippen LogP contribution in [0, 0.1) is 5.92 Å². The highest BCUT2D eigenvalue weighted by molar-refractivity contribution is 5.96. The number of nitrogens with zero attached hydrogens (tertiary/aromatic N) is 1. The van der Waals surface area contributed by atoms with Crippen LogP contribution in [0.1, 0.15) is 31.7 Å². The molecule has 6 nitrogen and oxygen atoms in total. The standard InChI is InChI=1S/C18H27N3O3/c1-14(21-10-7-15(8-11-21)9-12-22)17(23)20-18(24)19-13-16-5-3-2-4-6-16/h2-6,14-15,22H,7-13H2,1H3,(H2,19,20,23,24). The van der Waals surface area contributed by atoms with E-state index in [9.17, 15) is 9.59 Å². The van der Waals surface area contributed by atoms with Crippen LogP contribution in [0.3, 0.4) is 0 Å². The van der Waals surface area contributed by atoms with Crippen LogP contribution >= 0.6 is 0 Å². The van der Waals surface area contributed by atoms with E-state index < -0.39 is 6.03 Å². The minimum Gasteiger partial charge on any atom is -0.396 e. The smallest absolute Gasteiger partial charge is 0.321 e. The first-order chi connectivity index (χ1) is 11.6. The van der Waals surface area contributed by atoms with Crippen LogP contribution in [-0.4, -0.2) is 47.7 Å². The van der Waals surface area contributed by atoms with E-state index in [-0.39, 0.29) is 18.6 Å². The zero-order valence-corrected chi connectivity index (χ0v) is 14.2. The van der Waals surface area contributed by atoms with Gasteiger partial charge >= 0.3 is 6.03 Å². The Kier molecular flexibility index (Phi) is 7.21. The summed E-state index contributed by atoms with van der Waals surface area (Å²) in [5.41, 5.74) is 0.985. The number of rotatable bonds is 6. The van der Waals surface area contributed by atoms with Crippen LogP contribution in [-0.2, 0) is 11.3 Å². The third-order valence-electron chi connectivity index (χ3n) is 4.65. The minimum absolute atomic E-state index is 0.224. The molecule has 1 unspecified atom stereocenters. The number of hydrogen-bond donors (Lipinski definition) is 3. The van der Waals surface area contributed by atoms with Gasteiger partial charge in [0.05, 0.1) is 6.04 Å². The number of urea groups is 1. The Hall–Kier alpha value is -1.92. The lowest BCUT2D eigenvalue weighted by atomic mass is 9.93. The Morgan fingerprint density at radius 1 is 1.25 bits per heavy atom. The lowest BCUT2D eigenvalue weighted by Gasteiger charge is -2.35. The van der Waals surface area contributed by atoms with Gasteiger partial charge in [0.25, 0.3) is 0 Å². The van der Waals surface area contributed by atoms with Crippen molar-refractivity contribution in [3.05, 3.63) is 35.9 Å². The van der Waals surface area contributed by atoms with Gasteiger partial charge in [-0.3, -0.25) is 15.0 Å². The molecule has 0 aromatic heterocycles. The summed E-state index contributed by atoms with van der Waals surface area (Å²) in [6, 6.07) is 8.76. The highest BCUT2D eigenvalue weighted by atomic mass is 16.3. The van der Waals surface area contributed by atoms with E-state index in [1.165, 1.54) is 0 Å². The highest BCUT2D eigenvalue weighted by Crippen LogP contribution is 2.21. The van der Waals surface area contributed by atoms with E-state index in [4.69, 9.17) is 5.11 Å². The van der Waals surface area contributed by atoms with E-state index >= 15 is 0 Å². The number of benzene rings is 1. The van der Waals surface area contributed by atoms with E-state index in [1.54, 1.807) is 0 Å². The number of piperidine rings is 1. The summed E-state index contributed by atoms with van der Waals surface area (Å²) >= 11 is 0.